The van der Waals surface area contributed by atoms with Crippen molar-refractivity contribution in [3.05, 3.63) is 0 Å². The van der Waals surface area contributed by atoms with Crippen LogP contribution in [-0.4, -0.2) is 25.8 Å². The van der Waals surface area contributed by atoms with Gasteiger partial charge in [0, 0.05) is 16.0 Å². The summed E-state index contributed by atoms with van der Waals surface area (Å²) >= 11 is 0. The number of carbonyl (C=O) groups is 1. The molecule has 0 saturated heterocycles. The molecule has 4 heteroatoms. The third-order valence-electron chi connectivity index (χ3n) is 3.42. The lowest BCUT2D eigenvalue weighted by atomic mass is 10.0. The lowest BCUT2D eigenvalue weighted by molar-refractivity contribution is -0.136. The van der Waals surface area contributed by atoms with Crippen LogP contribution in [0.3, 0.4) is 0 Å². The van der Waals surface area contributed by atoms with E-state index >= 15 is 0 Å². The van der Waals surface area contributed by atoms with Gasteiger partial charge in [-0.25, -0.2) is 0 Å². The van der Waals surface area contributed by atoms with E-state index in [9.17, 15) is 9.00 Å². The Morgan fingerprint density at radius 1 is 1.13 bits per heavy atom. The Balaban J connectivity index is 1.99. The van der Waals surface area contributed by atoms with E-state index in [1.807, 2.05) is 0 Å². The van der Waals surface area contributed by atoms with Crippen molar-refractivity contribution in [2.24, 2.45) is 5.92 Å². The third kappa shape index (κ3) is 2.60. The number of carboxylic acid groups (broad SMARTS) is 1. The van der Waals surface area contributed by atoms with Crippen LogP contribution in [0.2, 0.25) is 0 Å². The van der Waals surface area contributed by atoms with Crippen molar-refractivity contribution in [3.8, 4) is 0 Å². The van der Waals surface area contributed by atoms with Crippen LogP contribution in [0.25, 0.3) is 0 Å². The van der Waals surface area contributed by atoms with E-state index in [4.69, 9.17) is 5.11 Å². The van der Waals surface area contributed by atoms with Gasteiger partial charge in [0.2, 0.25) is 0 Å². The molecule has 0 aromatic carbocycles. The molecule has 0 amide bonds. The van der Waals surface area contributed by atoms with Crippen LogP contribution in [-0.2, 0) is 15.6 Å². The van der Waals surface area contributed by atoms with Gasteiger partial charge in [-0.1, -0.05) is 19.3 Å². The zero-order valence-electron chi connectivity index (χ0n) is 8.85. The highest BCUT2D eigenvalue weighted by molar-refractivity contribution is 7.87. The lowest BCUT2D eigenvalue weighted by Gasteiger charge is -2.24. The van der Waals surface area contributed by atoms with Gasteiger partial charge in [-0.05, 0) is 31.6 Å². The summed E-state index contributed by atoms with van der Waals surface area (Å²) in [4.78, 5) is 11.1. The maximum atomic E-state index is 12.2. The van der Waals surface area contributed by atoms with E-state index in [1.165, 1.54) is 6.42 Å². The zero-order valence-corrected chi connectivity index (χ0v) is 9.67. The smallest absolute Gasteiger partial charge is 0.319 e. The Bertz CT molecular complexity index is 267. The Morgan fingerprint density at radius 2 is 1.73 bits per heavy atom. The van der Waals surface area contributed by atoms with Crippen LogP contribution in [0, 0.1) is 5.92 Å². The van der Waals surface area contributed by atoms with E-state index in [0.29, 0.717) is 0 Å². The van der Waals surface area contributed by atoms with Crippen molar-refractivity contribution >= 4 is 16.8 Å². The average Bonchev–Trinajstić information content (AvgIpc) is 3.03. The standard InChI is InChI=1S/C11H18O3S/c12-11(13)10(8-6-7-8)15(14)9-4-2-1-3-5-9/h8-10H,1-7H2,(H,12,13). The maximum Gasteiger partial charge on any atom is 0.319 e. The molecular weight excluding hydrogens is 212 g/mol. The normalized spacial score (nSPS) is 27.2. The molecule has 2 aliphatic rings. The monoisotopic (exact) mass is 230 g/mol. The number of hydrogen-bond acceptors (Lipinski definition) is 2. The molecule has 2 unspecified atom stereocenters. The van der Waals surface area contributed by atoms with Crippen molar-refractivity contribution in [2.45, 2.75) is 55.4 Å². The Kier molecular flexibility index (Phi) is 3.44. The summed E-state index contributed by atoms with van der Waals surface area (Å²) in [5, 5.41) is 8.67. The summed E-state index contributed by atoms with van der Waals surface area (Å²) < 4.78 is 12.2. The largest absolute Gasteiger partial charge is 0.480 e. The van der Waals surface area contributed by atoms with Gasteiger partial charge in [0.25, 0.3) is 0 Å². The third-order valence-corrected chi connectivity index (χ3v) is 5.64. The Hall–Kier alpha value is -0.380. The molecule has 0 spiro atoms. The van der Waals surface area contributed by atoms with Gasteiger partial charge in [0.15, 0.2) is 0 Å². The SMILES string of the molecule is O=C(O)C(C1CC1)S(=O)C1CCCCC1. The van der Waals surface area contributed by atoms with Gasteiger partial charge >= 0.3 is 5.97 Å². The van der Waals surface area contributed by atoms with E-state index in [2.05, 4.69) is 0 Å². The first kappa shape index (κ1) is 11.1. The van der Waals surface area contributed by atoms with Crippen LogP contribution < -0.4 is 0 Å². The topological polar surface area (TPSA) is 54.4 Å². The van der Waals surface area contributed by atoms with Gasteiger partial charge in [0.05, 0.1) is 0 Å². The first-order chi connectivity index (χ1) is 7.20. The van der Waals surface area contributed by atoms with Gasteiger partial charge in [-0.2, -0.15) is 0 Å². The number of rotatable bonds is 4. The molecule has 0 aliphatic heterocycles. The fourth-order valence-corrected chi connectivity index (χ4v) is 4.46. The summed E-state index contributed by atoms with van der Waals surface area (Å²) in [5.74, 6) is -0.647. The Labute approximate surface area is 92.7 Å². The van der Waals surface area contributed by atoms with Crippen molar-refractivity contribution in [1.29, 1.82) is 0 Å². The van der Waals surface area contributed by atoms with Crippen molar-refractivity contribution < 1.29 is 14.1 Å². The Morgan fingerprint density at radius 3 is 2.20 bits per heavy atom. The highest BCUT2D eigenvalue weighted by atomic mass is 32.2. The molecule has 0 heterocycles. The fourth-order valence-electron chi connectivity index (χ4n) is 2.39. The summed E-state index contributed by atoms with van der Waals surface area (Å²) in [6.45, 7) is 0. The predicted molar refractivity (Wildman–Crippen MR) is 59.2 cm³/mol. The molecule has 0 aromatic heterocycles. The second-order valence-electron chi connectivity index (χ2n) is 4.68. The van der Waals surface area contributed by atoms with Crippen LogP contribution in [0.4, 0.5) is 0 Å². The molecule has 2 aliphatic carbocycles. The van der Waals surface area contributed by atoms with Crippen molar-refractivity contribution in [2.75, 3.05) is 0 Å². The van der Waals surface area contributed by atoms with Crippen molar-refractivity contribution in [3.63, 3.8) is 0 Å². The van der Waals surface area contributed by atoms with Crippen LogP contribution in [0.5, 0.6) is 0 Å². The molecule has 2 fully saturated rings. The summed E-state index contributed by atoms with van der Waals surface area (Å²) in [5.41, 5.74) is 0. The summed E-state index contributed by atoms with van der Waals surface area (Å²) in [6.07, 6.45) is 7.28. The van der Waals surface area contributed by atoms with E-state index in [-0.39, 0.29) is 11.2 Å². The molecule has 1 N–H and O–H groups in total. The molecule has 2 atom stereocenters. The van der Waals surface area contributed by atoms with Crippen LogP contribution in [0.15, 0.2) is 0 Å². The molecule has 3 nitrogen and oxygen atoms in total. The number of hydrogen-bond donors (Lipinski definition) is 1. The molecule has 0 bridgehead atoms. The minimum Gasteiger partial charge on any atom is -0.480 e. The second-order valence-corrected chi connectivity index (χ2v) is 6.52. The van der Waals surface area contributed by atoms with Gasteiger partial charge in [-0.3, -0.25) is 9.00 Å². The number of aliphatic carboxylic acids is 1. The highest BCUT2D eigenvalue weighted by Gasteiger charge is 2.42. The number of carboxylic acids is 1. The quantitative estimate of drug-likeness (QED) is 0.803. The van der Waals surface area contributed by atoms with Gasteiger partial charge in [-0.15, -0.1) is 0 Å². The minimum absolute atomic E-state index is 0.153. The minimum atomic E-state index is -1.14. The van der Waals surface area contributed by atoms with Crippen LogP contribution in [0.1, 0.15) is 44.9 Å². The molecule has 2 rings (SSSR count). The lowest BCUT2D eigenvalue weighted by Crippen LogP contribution is -2.35. The van der Waals surface area contributed by atoms with Gasteiger partial charge < -0.3 is 5.11 Å². The fraction of sp³-hybridized carbons (Fsp3) is 0.909. The molecular formula is C11H18O3S. The molecule has 0 radical (unpaired) electrons. The van der Waals surface area contributed by atoms with E-state index < -0.39 is 22.0 Å². The summed E-state index contributed by atoms with van der Waals surface area (Å²) in [6, 6.07) is 0. The first-order valence-electron chi connectivity index (χ1n) is 5.82. The molecule has 2 saturated carbocycles. The zero-order chi connectivity index (χ0) is 10.8. The van der Waals surface area contributed by atoms with Crippen LogP contribution >= 0.6 is 0 Å². The van der Waals surface area contributed by atoms with E-state index in [1.54, 1.807) is 0 Å². The second kappa shape index (κ2) is 4.64. The average molecular weight is 230 g/mol. The molecule has 15 heavy (non-hydrogen) atoms. The maximum absolute atomic E-state index is 12.2. The van der Waals surface area contributed by atoms with Crippen molar-refractivity contribution in [1.82, 2.24) is 0 Å². The predicted octanol–water partition coefficient (Wildman–Crippen LogP) is 1.93. The molecule has 86 valence electrons. The van der Waals surface area contributed by atoms with Gasteiger partial charge in [0.1, 0.15) is 5.25 Å². The summed E-state index contributed by atoms with van der Waals surface area (Å²) in [7, 11) is -1.14. The van der Waals surface area contributed by atoms with E-state index in [0.717, 1.165) is 38.5 Å². The first-order valence-corrected chi connectivity index (χ1v) is 7.10. The molecule has 0 aromatic rings. The highest BCUT2D eigenvalue weighted by Crippen LogP contribution is 2.38.